The Kier molecular flexibility index (Phi) is 1.95. The summed E-state index contributed by atoms with van der Waals surface area (Å²) in [7, 11) is 0. The van der Waals surface area contributed by atoms with Crippen LogP contribution in [0.2, 0.25) is 0 Å². The average Bonchev–Trinajstić information content (AvgIpc) is 1.95. The Morgan fingerprint density at radius 2 is 1.82 bits per heavy atom. The molecule has 4 heteroatoms. The van der Waals surface area contributed by atoms with Crippen LogP contribution >= 0.6 is 0 Å². The molecule has 0 spiro atoms. The zero-order chi connectivity index (χ0) is 8.48. The smallest absolute Gasteiger partial charge is 0.237 e. The summed E-state index contributed by atoms with van der Waals surface area (Å²) >= 11 is 0. The van der Waals surface area contributed by atoms with Crippen LogP contribution in [0.4, 0.5) is 0 Å². The maximum absolute atomic E-state index is 10.8. The molecule has 1 aliphatic carbocycles. The second-order valence-electron chi connectivity index (χ2n) is 3.06. The summed E-state index contributed by atoms with van der Waals surface area (Å²) in [5.74, 6) is -0.322. The van der Waals surface area contributed by atoms with Crippen LogP contribution in [-0.4, -0.2) is 17.2 Å². The van der Waals surface area contributed by atoms with Crippen molar-refractivity contribution in [3.8, 4) is 0 Å². The van der Waals surface area contributed by atoms with Crippen molar-refractivity contribution in [3.63, 3.8) is 0 Å². The fraction of sp³-hybridized carbons (Fsp3) is 0.714. The van der Waals surface area contributed by atoms with Gasteiger partial charge in [-0.25, -0.2) is 0 Å². The molecule has 1 aliphatic rings. The van der Waals surface area contributed by atoms with Gasteiger partial charge in [0, 0.05) is 12.8 Å². The van der Waals surface area contributed by atoms with Gasteiger partial charge in [-0.05, 0) is 12.8 Å². The molecule has 1 fully saturated rings. The zero-order valence-electron chi connectivity index (χ0n) is 6.30. The second kappa shape index (κ2) is 2.62. The molecule has 0 radical (unpaired) electrons. The van der Waals surface area contributed by atoms with Crippen LogP contribution in [-0.2, 0) is 9.59 Å². The SMILES string of the molecule is NC(=O)C1(N)CCC(=O)CC1. The van der Waals surface area contributed by atoms with E-state index in [2.05, 4.69) is 0 Å². The number of carbonyl (C=O) groups is 2. The van der Waals surface area contributed by atoms with Crippen molar-refractivity contribution < 1.29 is 9.59 Å². The molecular weight excluding hydrogens is 144 g/mol. The van der Waals surface area contributed by atoms with E-state index in [9.17, 15) is 9.59 Å². The van der Waals surface area contributed by atoms with Crippen LogP contribution in [0.3, 0.4) is 0 Å². The quantitative estimate of drug-likeness (QED) is 0.527. The molecule has 0 heterocycles. The molecule has 0 aromatic heterocycles. The van der Waals surface area contributed by atoms with E-state index in [1.54, 1.807) is 0 Å². The molecule has 0 atom stereocenters. The van der Waals surface area contributed by atoms with E-state index in [1.165, 1.54) is 0 Å². The van der Waals surface area contributed by atoms with Gasteiger partial charge < -0.3 is 11.5 Å². The number of hydrogen-bond donors (Lipinski definition) is 2. The first-order chi connectivity index (χ1) is 5.04. The lowest BCUT2D eigenvalue weighted by atomic mass is 9.81. The number of Topliss-reactive ketones (excluding diaryl/α,β-unsaturated/α-hetero) is 1. The first-order valence-corrected chi connectivity index (χ1v) is 3.65. The summed E-state index contributed by atoms with van der Waals surface area (Å²) in [6, 6.07) is 0. The molecular formula is C7H12N2O2. The lowest BCUT2D eigenvalue weighted by Gasteiger charge is -2.28. The molecule has 1 amide bonds. The van der Waals surface area contributed by atoms with Gasteiger partial charge in [-0.1, -0.05) is 0 Å². The van der Waals surface area contributed by atoms with Gasteiger partial charge in [-0.2, -0.15) is 0 Å². The van der Waals surface area contributed by atoms with Crippen molar-refractivity contribution >= 4 is 11.7 Å². The van der Waals surface area contributed by atoms with E-state index < -0.39 is 11.4 Å². The van der Waals surface area contributed by atoms with Gasteiger partial charge in [0.15, 0.2) is 0 Å². The highest BCUT2D eigenvalue weighted by atomic mass is 16.1. The van der Waals surface area contributed by atoms with E-state index in [0.29, 0.717) is 25.7 Å². The maximum Gasteiger partial charge on any atom is 0.237 e. The van der Waals surface area contributed by atoms with Crippen LogP contribution in [0, 0.1) is 0 Å². The molecule has 0 aromatic carbocycles. The molecule has 0 saturated heterocycles. The van der Waals surface area contributed by atoms with Gasteiger partial charge in [0.1, 0.15) is 5.78 Å². The van der Waals surface area contributed by atoms with E-state index in [4.69, 9.17) is 11.5 Å². The minimum Gasteiger partial charge on any atom is -0.368 e. The number of ketones is 1. The van der Waals surface area contributed by atoms with Gasteiger partial charge >= 0.3 is 0 Å². The Bertz CT molecular complexity index is 191. The molecule has 62 valence electrons. The predicted molar refractivity (Wildman–Crippen MR) is 39.6 cm³/mol. The third kappa shape index (κ3) is 1.57. The number of primary amides is 1. The Morgan fingerprint density at radius 3 is 2.18 bits per heavy atom. The lowest BCUT2D eigenvalue weighted by Crippen LogP contribution is -2.54. The number of hydrogen-bond acceptors (Lipinski definition) is 3. The molecule has 0 bridgehead atoms. The van der Waals surface area contributed by atoms with Crippen LogP contribution in [0.1, 0.15) is 25.7 Å². The van der Waals surface area contributed by atoms with E-state index in [1.807, 2.05) is 0 Å². The fourth-order valence-electron chi connectivity index (χ4n) is 1.22. The number of rotatable bonds is 1. The molecule has 0 unspecified atom stereocenters. The molecule has 11 heavy (non-hydrogen) atoms. The topological polar surface area (TPSA) is 86.2 Å². The van der Waals surface area contributed by atoms with Crippen molar-refractivity contribution in [1.29, 1.82) is 0 Å². The third-order valence-corrected chi connectivity index (χ3v) is 2.19. The van der Waals surface area contributed by atoms with Crippen molar-refractivity contribution in [2.24, 2.45) is 11.5 Å². The first-order valence-electron chi connectivity index (χ1n) is 3.65. The van der Waals surface area contributed by atoms with Crippen molar-refractivity contribution in [1.82, 2.24) is 0 Å². The molecule has 0 aliphatic heterocycles. The summed E-state index contributed by atoms with van der Waals surface area (Å²) in [5, 5.41) is 0. The van der Waals surface area contributed by atoms with Gasteiger partial charge in [-0.15, -0.1) is 0 Å². The number of carbonyl (C=O) groups excluding carboxylic acids is 2. The van der Waals surface area contributed by atoms with Gasteiger partial charge in [0.2, 0.25) is 5.91 Å². The fourth-order valence-corrected chi connectivity index (χ4v) is 1.22. The summed E-state index contributed by atoms with van der Waals surface area (Å²) < 4.78 is 0. The highest BCUT2D eigenvalue weighted by Gasteiger charge is 2.35. The summed E-state index contributed by atoms with van der Waals surface area (Å²) in [4.78, 5) is 21.5. The third-order valence-electron chi connectivity index (χ3n) is 2.19. The first kappa shape index (κ1) is 8.20. The van der Waals surface area contributed by atoms with Crippen LogP contribution in [0.25, 0.3) is 0 Å². The van der Waals surface area contributed by atoms with E-state index in [0.717, 1.165) is 0 Å². The summed E-state index contributed by atoms with van der Waals surface area (Å²) in [5.41, 5.74) is 9.79. The van der Waals surface area contributed by atoms with Crippen LogP contribution < -0.4 is 11.5 Å². The average molecular weight is 156 g/mol. The highest BCUT2D eigenvalue weighted by Crippen LogP contribution is 2.22. The Balaban J connectivity index is 2.62. The second-order valence-corrected chi connectivity index (χ2v) is 3.06. The predicted octanol–water partition coefficient (Wildman–Crippen LogP) is -0.688. The number of nitrogens with two attached hydrogens (primary N) is 2. The van der Waals surface area contributed by atoms with Gasteiger partial charge in [-0.3, -0.25) is 9.59 Å². The molecule has 4 N–H and O–H groups in total. The van der Waals surface area contributed by atoms with Crippen molar-refractivity contribution in [2.75, 3.05) is 0 Å². The Labute approximate surface area is 64.9 Å². The monoisotopic (exact) mass is 156 g/mol. The highest BCUT2D eigenvalue weighted by molar-refractivity contribution is 5.88. The Morgan fingerprint density at radius 1 is 1.36 bits per heavy atom. The van der Waals surface area contributed by atoms with Crippen molar-refractivity contribution in [3.05, 3.63) is 0 Å². The summed E-state index contributed by atoms with van der Waals surface area (Å²) in [6.45, 7) is 0. The molecule has 1 saturated carbocycles. The van der Waals surface area contributed by atoms with Gasteiger partial charge in [0.25, 0.3) is 0 Å². The standard InChI is InChI=1S/C7H12N2O2/c8-6(11)7(9)3-1-5(10)2-4-7/h1-4,9H2,(H2,8,11). The molecule has 4 nitrogen and oxygen atoms in total. The van der Waals surface area contributed by atoms with Crippen LogP contribution in [0.15, 0.2) is 0 Å². The maximum atomic E-state index is 10.8. The van der Waals surface area contributed by atoms with Crippen molar-refractivity contribution in [2.45, 2.75) is 31.2 Å². The number of amides is 1. The van der Waals surface area contributed by atoms with Crippen LogP contribution in [0.5, 0.6) is 0 Å². The minimum atomic E-state index is -0.923. The molecule has 1 rings (SSSR count). The largest absolute Gasteiger partial charge is 0.368 e. The summed E-state index contributed by atoms with van der Waals surface area (Å²) in [6.07, 6.45) is 1.58. The van der Waals surface area contributed by atoms with E-state index >= 15 is 0 Å². The Hall–Kier alpha value is -0.900. The van der Waals surface area contributed by atoms with Gasteiger partial charge in [0.05, 0.1) is 5.54 Å². The minimum absolute atomic E-state index is 0.173. The molecule has 0 aromatic rings. The normalized spacial score (nSPS) is 23.2. The zero-order valence-corrected chi connectivity index (χ0v) is 6.30. The lowest BCUT2D eigenvalue weighted by molar-refractivity contribution is -0.127. The van der Waals surface area contributed by atoms with E-state index in [-0.39, 0.29) is 5.78 Å².